The van der Waals surface area contributed by atoms with Crippen molar-refractivity contribution in [3.8, 4) is 17.0 Å². The van der Waals surface area contributed by atoms with Crippen LogP contribution in [0.15, 0.2) is 53.8 Å². The second-order valence-electron chi connectivity index (χ2n) is 6.06. The standard InChI is InChI=1S/C19H17ClN6O3/c1-12(27)22-16-4-2-3-13(8-16)17-10-26(25-23-17)11-19(29)24-21-9-14-7-15(20)5-6-18(14)28/h2-10,28H,11H2,1H3,(H,22,27)(H,24,29)/b21-9+. The molecule has 1 heterocycles. The number of rotatable bonds is 6. The molecule has 148 valence electrons. The third kappa shape index (κ3) is 5.63. The highest BCUT2D eigenvalue weighted by molar-refractivity contribution is 6.30. The van der Waals surface area contributed by atoms with Gasteiger partial charge in [0.15, 0.2) is 0 Å². The van der Waals surface area contributed by atoms with Crippen LogP contribution in [0.5, 0.6) is 5.75 Å². The summed E-state index contributed by atoms with van der Waals surface area (Å²) in [5.41, 5.74) is 4.66. The molecule has 0 radical (unpaired) electrons. The van der Waals surface area contributed by atoms with Crippen LogP contribution in [-0.4, -0.2) is 38.1 Å². The molecule has 10 heteroatoms. The highest BCUT2D eigenvalue weighted by atomic mass is 35.5. The topological polar surface area (TPSA) is 122 Å². The van der Waals surface area contributed by atoms with E-state index in [-0.39, 0.29) is 18.2 Å². The van der Waals surface area contributed by atoms with Gasteiger partial charge in [0, 0.05) is 28.8 Å². The molecule has 0 saturated carbocycles. The number of benzene rings is 2. The molecular weight excluding hydrogens is 396 g/mol. The number of hydrazone groups is 1. The van der Waals surface area contributed by atoms with Gasteiger partial charge in [0.05, 0.1) is 12.4 Å². The van der Waals surface area contributed by atoms with Crippen LogP contribution in [0.2, 0.25) is 5.02 Å². The first-order valence-electron chi connectivity index (χ1n) is 8.49. The minimum absolute atomic E-state index is 0.00481. The quantitative estimate of drug-likeness (QED) is 0.424. The predicted molar refractivity (Wildman–Crippen MR) is 109 cm³/mol. The molecule has 0 atom stereocenters. The normalized spacial score (nSPS) is 10.8. The Morgan fingerprint density at radius 2 is 2.10 bits per heavy atom. The molecule has 2 aromatic carbocycles. The van der Waals surface area contributed by atoms with Crippen LogP contribution in [0.25, 0.3) is 11.3 Å². The van der Waals surface area contributed by atoms with Crippen LogP contribution in [0, 0.1) is 0 Å². The third-order valence-corrected chi connectivity index (χ3v) is 3.94. The Hall–Kier alpha value is -3.72. The van der Waals surface area contributed by atoms with E-state index in [4.69, 9.17) is 11.6 Å². The van der Waals surface area contributed by atoms with Crippen molar-refractivity contribution >= 4 is 35.3 Å². The fourth-order valence-corrected chi connectivity index (χ4v) is 2.63. The Bertz CT molecular complexity index is 1080. The van der Waals surface area contributed by atoms with E-state index in [1.807, 2.05) is 6.07 Å². The third-order valence-electron chi connectivity index (χ3n) is 3.71. The molecule has 29 heavy (non-hydrogen) atoms. The highest BCUT2D eigenvalue weighted by Crippen LogP contribution is 2.21. The lowest BCUT2D eigenvalue weighted by molar-refractivity contribution is -0.121. The molecule has 0 saturated heterocycles. The second-order valence-corrected chi connectivity index (χ2v) is 6.50. The first-order valence-corrected chi connectivity index (χ1v) is 8.87. The zero-order chi connectivity index (χ0) is 20.8. The number of nitrogens with zero attached hydrogens (tertiary/aromatic N) is 4. The van der Waals surface area contributed by atoms with Crippen molar-refractivity contribution in [1.29, 1.82) is 0 Å². The summed E-state index contributed by atoms with van der Waals surface area (Å²) in [5, 5.41) is 24.6. The van der Waals surface area contributed by atoms with Crippen molar-refractivity contribution in [1.82, 2.24) is 20.4 Å². The summed E-state index contributed by atoms with van der Waals surface area (Å²) in [6.45, 7) is 1.33. The average molecular weight is 413 g/mol. The number of hydrogen-bond donors (Lipinski definition) is 3. The summed E-state index contributed by atoms with van der Waals surface area (Å²) < 4.78 is 1.36. The first kappa shape index (κ1) is 20.0. The van der Waals surface area contributed by atoms with Crippen molar-refractivity contribution in [2.24, 2.45) is 5.10 Å². The Kier molecular flexibility index (Phi) is 6.20. The van der Waals surface area contributed by atoms with Gasteiger partial charge < -0.3 is 10.4 Å². The van der Waals surface area contributed by atoms with E-state index in [0.717, 1.165) is 5.56 Å². The SMILES string of the molecule is CC(=O)Nc1cccc(-c2cn(CC(=O)N/N=C/c3cc(Cl)ccc3O)nn2)c1. The molecule has 0 aliphatic rings. The highest BCUT2D eigenvalue weighted by Gasteiger charge is 2.08. The monoisotopic (exact) mass is 412 g/mol. The minimum atomic E-state index is -0.425. The minimum Gasteiger partial charge on any atom is -0.507 e. The number of carbonyl (C=O) groups excluding carboxylic acids is 2. The number of hydrogen-bond acceptors (Lipinski definition) is 6. The first-order chi connectivity index (χ1) is 13.9. The van der Waals surface area contributed by atoms with E-state index in [1.54, 1.807) is 30.5 Å². The van der Waals surface area contributed by atoms with E-state index >= 15 is 0 Å². The Morgan fingerprint density at radius 1 is 1.28 bits per heavy atom. The maximum absolute atomic E-state index is 12.0. The number of carbonyl (C=O) groups is 2. The summed E-state index contributed by atoms with van der Waals surface area (Å²) in [6, 6.07) is 11.6. The number of amides is 2. The van der Waals surface area contributed by atoms with Gasteiger partial charge in [-0.2, -0.15) is 5.10 Å². The molecule has 0 aliphatic carbocycles. The molecule has 3 N–H and O–H groups in total. The zero-order valence-electron chi connectivity index (χ0n) is 15.3. The van der Waals surface area contributed by atoms with Crippen LogP contribution < -0.4 is 10.7 Å². The average Bonchev–Trinajstić information content (AvgIpc) is 3.12. The van der Waals surface area contributed by atoms with Gasteiger partial charge in [0.25, 0.3) is 5.91 Å². The number of aromatic hydroxyl groups is 1. The molecule has 3 rings (SSSR count). The summed E-state index contributed by atoms with van der Waals surface area (Å²) in [4.78, 5) is 23.2. The van der Waals surface area contributed by atoms with Crippen LogP contribution in [0.4, 0.5) is 5.69 Å². The van der Waals surface area contributed by atoms with Gasteiger partial charge in [-0.15, -0.1) is 5.10 Å². The van der Waals surface area contributed by atoms with Crippen molar-refractivity contribution in [3.63, 3.8) is 0 Å². The number of anilines is 1. The van der Waals surface area contributed by atoms with Gasteiger partial charge in [-0.3, -0.25) is 9.59 Å². The van der Waals surface area contributed by atoms with E-state index in [9.17, 15) is 14.7 Å². The van der Waals surface area contributed by atoms with Crippen molar-refractivity contribution in [3.05, 3.63) is 59.2 Å². The Labute approximate surface area is 171 Å². The van der Waals surface area contributed by atoms with E-state index in [0.29, 0.717) is 22.0 Å². The fourth-order valence-electron chi connectivity index (χ4n) is 2.45. The largest absolute Gasteiger partial charge is 0.507 e. The number of aromatic nitrogens is 3. The van der Waals surface area contributed by atoms with E-state index < -0.39 is 5.91 Å². The second kappa shape index (κ2) is 8.98. The molecule has 0 unspecified atom stereocenters. The number of halogens is 1. The Balaban J connectivity index is 1.61. The van der Waals surface area contributed by atoms with Crippen LogP contribution in [-0.2, 0) is 16.1 Å². The summed E-state index contributed by atoms with van der Waals surface area (Å²) >= 11 is 5.85. The van der Waals surface area contributed by atoms with E-state index in [1.165, 1.54) is 30.0 Å². The van der Waals surface area contributed by atoms with Gasteiger partial charge in [0.1, 0.15) is 18.0 Å². The van der Waals surface area contributed by atoms with Gasteiger partial charge in [-0.05, 0) is 30.3 Å². The number of nitrogens with one attached hydrogen (secondary N) is 2. The summed E-state index contributed by atoms with van der Waals surface area (Å²) in [6.07, 6.45) is 2.90. The van der Waals surface area contributed by atoms with Crippen LogP contribution >= 0.6 is 11.6 Å². The molecular formula is C19H17ClN6O3. The molecule has 0 fully saturated rings. The maximum Gasteiger partial charge on any atom is 0.261 e. The summed E-state index contributed by atoms with van der Waals surface area (Å²) in [7, 11) is 0. The van der Waals surface area contributed by atoms with Crippen LogP contribution in [0.3, 0.4) is 0 Å². The smallest absolute Gasteiger partial charge is 0.261 e. The van der Waals surface area contributed by atoms with Gasteiger partial charge in [-0.1, -0.05) is 28.9 Å². The molecule has 3 aromatic rings. The van der Waals surface area contributed by atoms with E-state index in [2.05, 4.69) is 26.2 Å². The molecule has 0 spiro atoms. The molecule has 0 bridgehead atoms. The fraction of sp³-hybridized carbons (Fsp3) is 0.105. The lowest BCUT2D eigenvalue weighted by Crippen LogP contribution is -2.23. The molecule has 2 amide bonds. The Morgan fingerprint density at radius 3 is 2.90 bits per heavy atom. The number of phenolic OH excluding ortho intramolecular Hbond substituents is 1. The van der Waals surface area contributed by atoms with Crippen molar-refractivity contribution < 1.29 is 14.7 Å². The summed E-state index contributed by atoms with van der Waals surface area (Å²) in [5.74, 6) is -0.602. The predicted octanol–water partition coefficient (Wildman–Crippen LogP) is 2.41. The molecule has 0 aliphatic heterocycles. The molecule has 9 nitrogen and oxygen atoms in total. The van der Waals surface area contributed by atoms with Gasteiger partial charge in [-0.25, -0.2) is 10.1 Å². The van der Waals surface area contributed by atoms with Gasteiger partial charge in [0.2, 0.25) is 5.91 Å². The van der Waals surface area contributed by atoms with Crippen molar-refractivity contribution in [2.45, 2.75) is 13.5 Å². The maximum atomic E-state index is 12.0. The lowest BCUT2D eigenvalue weighted by Gasteiger charge is -2.03. The van der Waals surface area contributed by atoms with Crippen LogP contribution in [0.1, 0.15) is 12.5 Å². The zero-order valence-corrected chi connectivity index (χ0v) is 16.1. The van der Waals surface area contributed by atoms with Gasteiger partial charge >= 0.3 is 0 Å². The molecule has 1 aromatic heterocycles. The van der Waals surface area contributed by atoms with Crippen molar-refractivity contribution in [2.75, 3.05) is 5.32 Å². The number of phenols is 1. The lowest BCUT2D eigenvalue weighted by atomic mass is 10.1.